The van der Waals surface area contributed by atoms with Crippen LogP contribution >= 0.6 is 23.5 Å². The van der Waals surface area contributed by atoms with Crippen molar-refractivity contribution >= 4 is 35.5 Å². The maximum atomic E-state index is 13.1. The monoisotopic (exact) mass is 796 g/mol. The fraction of sp³-hybridized carbons (Fsp3) is 0.956. The number of carbonyl (C=O) groups is 2. The molecule has 314 valence electrons. The van der Waals surface area contributed by atoms with Gasteiger partial charge in [0.25, 0.3) is 0 Å². The third kappa shape index (κ3) is 17.2. The molecule has 2 saturated heterocycles. The lowest BCUT2D eigenvalue weighted by Gasteiger charge is -2.43. The zero-order chi connectivity index (χ0) is 38.3. The van der Waals surface area contributed by atoms with Gasteiger partial charge in [-0.3, -0.25) is 9.59 Å². The summed E-state index contributed by atoms with van der Waals surface area (Å²) in [5.74, 6) is 3.46. The van der Waals surface area contributed by atoms with Crippen LogP contribution in [0.5, 0.6) is 0 Å². The number of unbranched alkanes of at least 4 members (excludes halogenated alkanes) is 11. The molecule has 2 aliphatic heterocycles. The van der Waals surface area contributed by atoms with Crippen LogP contribution in [0.4, 0.5) is 0 Å². The van der Waals surface area contributed by atoms with Crippen LogP contribution in [0.25, 0.3) is 0 Å². The van der Waals surface area contributed by atoms with Crippen LogP contribution in [0.15, 0.2) is 0 Å². The molecule has 0 N–H and O–H groups in total. The van der Waals surface area contributed by atoms with E-state index in [-0.39, 0.29) is 35.9 Å². The molecular weight excluding hydrogens is 715 g/mol. The van der Waals surface area contributed by atoms with E-state index >= 15 is 0 Å². The molecule has 3 saturated carbocycles. The van der Waals surface area contributed by atoms with Gasteiger partial charge in [0, 0.05) is 12.8 Å². The number of piperidine rings is 1. The Hall–Kier alpha value is -0.480. The summed E-state index contributed by atoms with van der Waals surface area (Å²) in [6, 6.07) is 0. The van der Waals surface area contributed by atoms with Crippen LogP contribution in [0, 0.1) is 17.3 Å². The second kappa shape index (κ2) is 27.3. The Kier molecular flexibility index (Phi) is 23.3. The summed E-state index contributed by atoms with van der Waals surface area (Å²) in [5, 5.41) is 0. The second-order valence-electron chi connectivity index (χ2n) is 17.2. The Morgan fingerprint density at radius 2 is 1.15 bits per heavy atom. The molecule has 2 bridgehead atoms. The highest BCUT2D eigenvalue weighted by Gasteiger charge is 2.50. The van der Waals surface area contributed by atoms with E-state index in [4.69, 9.17) is 18.9 Å². The Bertz CT molecular complexity index is 963. The van der Waals surface area contributed by atoms with Gasteiger partial charge < -0.3 is 23.8 Å². The quantitative estimate of drug-likeness (QED) is 0.0387. The first kappa shape index (κ1) is 46.2. The van der Waals surface area contributed by atoms with Gasteiger partial charge in [-0.1, -0.05) is 91.4 Å². The van der Waals surface area contributed by atoms with E-state index in [1.54, 1.807) is 0 Å². The minimum atomic E-state index is -0.268. The maximum absolute atomic E-state index is 13.1. The van der Waals surface area contributed by atoms with Gasteiger partial charge in [0.2, 0.25) is 0 Å². The van der Waals surface area contributed by atoms with Gasteiger partial charge in [0.05, 0.1) is 36.4 Å². The number of carbonyl (C=O) groups excluding carboxylic acids is 2. The van der Waals surface area contributed by atoms with Gasteiger partial charge in [-0.25, -0.2) is 0 Å². The van der Waals surface area contributed by atoms with E-state index in [1.807, 2.05) is 0 Å². The van der Waals surface area contributed by atoms with Crippen molar-refractivity contribution in [1.29, 1.82) is 0 Å². The molecule has 54 heavy (non-hydrogen) atoms. The third-order valence-corrected chi connectivity index (χ3v) is 16.1. The summed E-state index contributed by atoms with van der Waals surface area (Å²) in [6.45, 7) is 11.0. The standard InChI is InChI=1S/C45H81NO6S2/c1-4-7-10-12-14-16-35-53-42(54-36-17-15-13-11-8-5-2)25-23-40(48)50-34-29-45(26-31-46(32-27-45)30-9-6-3)28-33-49-39(47)22-24-41-51-43-37-18-19-38(21-20-37)44(43)52-41/h37-38,41-44H,4-36H2,1-3H3. The SMILES string of the molecule is CCCCCCCCSC(CCC(=O)OCCC1(CCOC(=O)CCC2OC3C4CCC(CC4)C3O2)CCN(CCCC)CC1)SCCCCCCCC. The van der Waals surface area contributed by atoms with Crippen molar-refractivity contribution < 1.29 is 28.5 Å². The number of esters is 2. The molecule has 7 nitrogen and oxygen atoms in total. The predicted molar refractivity (Wildman–Crippen MR) is 227 cm³/mol. The van der Waals surface area contributed by atoms with Gasteiger partial charge in [-0.15, -0.1) is 23.5 Å². The number of rotatable bonds is 31. The highest BCUT2D eigenvalue weighted by Crippen LogP contribution is 2.48. The van der Waals surface area contributed by atoms with Crippen LogP contribution in [0.2, 0.25) is 0 Å². The lowest BCUT2D eigenvalue weighted by molar-refractivity contribution is -0.148. The van der Waals surface area contributed by atoms with E-state index < -0.39 is 0 Å². The van der Waals surface area contributed by atoms with Crippen molar-refractivity contribution in [3.8, 4) is 0 Å². The summed E-state index contributed by atoms with van der Waals surface area (Å²) in [7, 11) is 0. The molecule has 0 aromatic rings. The molecule has 5 fully saturated rings. The number of nitrogens with zero attached hydrogens (tertiary/aromatic N) is 1. The van der Waals surface area contributed by atoms with Gasteiger partial charge in [0.15, 0.2) is 6.29 Å². The van der Waals surface area contributed by atoms with Crippen molar-refractivity contribution in [2.75, 3.05) is 44.4 Å². The zero-order valence-corrected chi connectivity index (χ0v) is 36.6. The molecule has 5 aliphatic rings. The summed E-state index contributed by atoms with van der Waals surface area (Å²) < 4.78 is 24.8. The average Bonchev–Trinajstić information content (AvgIpc) is 3.65. The van der Waals surface area contributed by atoms with Gasteiger partial charge >= 0.3 is 11.9 Å². The van der Waals surface area contributed by atoms with Crippen molar-refractivity contribution in [3.05, 3.63) is 0 Å². The molecule has 2 heterocycles. The van der Waals surface area contributed by atoms with Crippen LogP contribution in [-0.2, 0) is 28.5 Å². The maximum Gasteiger partial charge on any atom is 0.305 e. The molecule has 9 heteroatoms. The lowest BCUT2D eigenvalue weighted by Crippen LogP contribution is -2.45. The molecule has 0 radical (unpaired) electrons. The molecule has 2 unspecified atom stereocenters. The third-order valence-electron chi connectivity index (χ3n) is 13.0. The Labute approximate surface area is 340 Å². The summed E-state index contributed by atoms with van der Waals surface area (Å²) in [5.41, 5.74) is 0.0401. The molecule has 0 aromatic carbocycles. The minimum absolute atomic E-state index is 0.0401. The first-order valence-electron chi connectivity index (χ1n) is 23.0. The lowest BCUT2D eigenvalue weighted by atomic mass is 9.67. The van der Waals surface area contributed by atoms with Crippen molar-refractivity contribution in [1.82, 2.24) is 4.90 Å². The number of thioether (sulfide) groups is 2. The number of hydrogen-bond donors (Lipinski definition) is 0. The van der Waals surface area contributed by atoms with Crippen LogP contribution in [-0.4, -0.2) is 84.3 Å². The highest BCUT2D eigenvalue weighted by molar-refractivity contribution is 8.17. The van der Waals surface area contributed by atoms with Gasteiger partial charge in [-0.05, 0) is 125 Å². The van der Waals surface area contributed by atoms with Crippen molar-refractivity contribution in [2.45, 2.75) is 211 Å². The molecule has 3 aliphatic carbocycles. The normalized spacial score (nSPS) is 24.9. The Morgan fingerprint density at radius 3 is 1.67 bits per heavy atom. The molecule has 2 atom stereocenters. The summed E-state index contributed by atoms with van der Waals surface area (Å²) in [6.07, 6.45) is 29.7. The van der Waals surface area contributed by atoms with Crippen LogP contribution < -0.4 is 0 Å². The molecule has 5 rings (SSSR count). The van der Waals surface area contributed by atoms with Crippen LogP contribution in [0.1, 0.15) is 188 Å². The fourth-order valence-corrected chi connectivity index (χ4v) is 12.1. The number of fused-ring (bicyclic) bond motifs is 2. The van der Waals surface area contributed by atoms with Crippen LogP contribution in [0.3, 0.4) is 0 Å². The van der Waals surface area contributed by atoms with Gasteiger partial charge in [-0.2, -0.15) is 0 Å². The Balaban J connectivity index is 1.16. The zero-order valence-electron chi connectivity index (χ0n) is 35.0. The smallest absolute Gasteiger partial charge is 0.305 e. The number of likely N-dealkylation sites (tertiary alicyclic amines) is 1. The van der Waals surface area contributed by atoms with E-state index in [0.717, 1.165) is 51.7 Å². The van der Waals surface area contributed by atoms with E-state index in [9.17, 15) is 9.59 Å². The molecule has 0 spiro atoms. The molecule has 0 aromatic heterocycles. The summed E-state index contributed by atoms with van der Waals surface area (Å²) in [4.78, 5) is 28.5. The van der Waals surface area contributed by atoms with Crippen molar-refractivity contribution in [2.24, 2.45) is 17.3 Å². The largest absolute Gasteiger partial charge is 0.466 e. The molecule has 0 amide bonds. The Morgan fingerprint density at radius 1 is 0.667 bits per heavy atom. The second-order valence-corrected chi connectivity index (χ2v) is 20.1. The fourth-order valence-electron chi connectivity index (χ4n) is 9.28. The van der Waals surface area contributed by atoms with Gasteiger partial charge in [0.1, 0.15) is 0 Å². The predicted octanol–water partition coefficient (Wildman–Crippen LogP) is 11.7. The minimum Gasteiger partial charge on any atom is -0.466 e. The summed E-state index contributed by atoms with van der Waals surface area (Å²) >= 11 is 4.15. The first-order chi connectivity index (χ1) is 26.4. The van der Waals surface area contributed by atoms with E-state index in [0.29, 0.717) is 48.9 Å². The van der Waals surface area contributed by atoms with E-state index in [1.165, 1.54) is 127 Å². The first-order valence-corrected chi connectivity index (χ1v) is 25.1. The molecular formula is C45H81NO6S2. The van der Waals surface area contributed by atoms with Crippen molar-refractivity contribution in [3.63, 3.8) is 0 Å². The number of hydrogen-bond acceptors (Lipinski definition) is 9. The number of ether oxygens (including phenoxy) is 4. The average molecular weight is 796 g/mol. The van der Waals surface area contributed by atoms with E-state index in [2.05, 4.69) is 49.2 Å². The topological polar surface area (TPSA) is 74.3 Å². The highest BCUT2D eigenvalue weighted by atomic mass is 32.2.